The van der Waals surface area contributed by atoms with Crippen molar-refractivity contribution in [1.82, 2.24) is 9.80 Å². The van der Waals surface area contributed by atoms with Crippen LogP contribution in [-0.2, 0) is 14.3 Å². The number of aliphatic carboxylic acids is 1. The number of carbonyl (C=O) groups excluding carboxylic acids is 1. The van der Waals surface area contributed by atoms with Crippen molar-refractivity contribution in [2.24, 2.45) is 0 Å². The number of hydrogen-bond acceptors (Lipinski definition) is 4. The molecule has 0 aliphatic carbocycles. The van der Waals surface area contributed by atoms with Gasteiger partial charge < -0.3 is 14.7 Å². The quantitative estimate of drug-likeness (QED) is 0.736. The van der Waals surface area contributed by atoms with Crippen molar-refractivity contribution in [1.29, 1.82) is 0 Å². The van der Waals surface area contributed by atoms with E-state index in [1.807, 2.05) is 4.90 Å². The highest BCUT2D eigenvalue weighted by Crippen LogP contribution is 2.14. The maximum Gasteiger partial charge on any atom is 0.329 e. The molecule has 0 saturated carbocycles. The van der Waals surface area contributed by atoms with Crippen LogP contribution in [0.25, 0.3) is 0 Å². The van der Waals surface area contributed by atoms with Gasteiger partial charge in [-0.2, -0.15) is 0 Å². The second-order valence-electron chi connectivity index (χ2n) is 4.91. The molecular weight excluding hydrogens is 236 g/mol. The van der Waals surface area contributed by atoms with Crippen LogP contribution in [0.3, 0.4) is 0 Å². The number of ether oxygens (including phenoxy) is 1. The molecule has 102 valence electrons. The number of hydrogen-bond donors (Lipinski definition) is 1. The van der Waals surface area contributed by atoms with E-state index in [2.05, 4.69) is 4.90 Å². The van der Waals surface area contributed by atoms with Gasteiger partial charge in [-0.1, -0.05) is 0 Å². The highest BCUT2D eigenvalue weighted by molar-refractivity contribution is 5.78. The van der Waals surface area contributed by atoms with Gasteiger partial charge >= 0.3 is 5.97 Å². The SMILES string of the molecule is O=C(O)COC1CCN(CC(=O)N2CCC2)CC1. The van der Waals surface area contributed by atoms with Gasteiger partial charge in [0.15, 0.2) is 0 Å². The summed E-state index contributed by atoms with van der Waals surface area (Å²) in [5.74, 6) is -0.712. The zero-order chi connectivity index (χ0) is 13.0. The van der Waals surface area contributed by atoms with Crippen LogP contribution in [0.4, 0.5) is 0 Å². The molecule has 1 N–H and O–H groups in total. The first kappa shape index (κ1) is 13.3. The lowest BCUT2D eigenvalue weighted by Gasteiger charge is -2.35. The molecule has 1 amide bonds. The van der Waals surface area contributed by atoms with Crippen LogP contribution < -0.4 is 0 Å². The summed E-state index contributed by atoms with van der Waals surface area (Å²) in [5.41, 5.74) is 0. The third kappa shape index (κ3) is 3.68. The first-order valence-electron chi connectivity index (χ1n) is 6.48. The van der Waals surface area contributed by atoms with Gasteiger partial charge in [0.2, 0.25) is 5.91 Å². The average molecular weight is 256 g/mol. The van der Waals surface area contributed by atoms with Crippen LogP contribution in [0.5, 0.6) is 0 Å². The second kappa shape index (κ2) is 6.15. The maximum absolute atomic E-state index is 11.8. The molecule has 0 spiro atoms. The molecule has 0 bridgehead atoms. The highest BCUT2D eigenvalue weighted by atomic mass is 16.5. The number of carboxylic acid groups (broad SMARTS) is 1. The number of carbonyl (C=O) groups is 2. The molecule has 2 aliphatic heterocycles. The monoisotopic (exact) mass is 256 g/mol. The van der Waals surface area contributed by atoms with E-state index in [0.29, 0.717) is 6.54 Å². The fraction of sp³-hybridized carbons (Fsp3) is 0.833. The van der Waals surface area contributed by atoms with Crippen LogP contribution in [0.15, 0.2) is 0 Å². The fourth-order valence-electron chi connectivity index (χ4n) is 2.28. The van der Waals surface area contributed by atoms with Crippen LogP contribution in [0, 0.1) is 0 Å². The molecule has 0 aromatic carbocycles. The number of piperidine rings is 1. The minimum atomic E-state index is -0.926. The largest absolute Gasteiger partial charge is 0.480 e. The molecule has 2 saturated heterocycles. The molecule has 0 radical (unpaired) electrons. The Balaban J connectivity index is 1.63. The third-order valence-corrected chi connectivity index (χ3v) is 3.54. The molecule has 2 aliphatic rings. The Morgan fingerprint density at radius 3 is 2.33 bits per heavy atom. The standard InChI is InChI=1S/C12H20N2O4/c15-11(14-4-1-5-14)8-13-6-2-10(3-7-13)18-9-12(16)17/h10H,1-9H2,(H,16,17). The topological polar surface area (TPSA) is 70.1 Å². The second-order valence-corrected chi connectivity index (χ2v) is 4.91. The van der Waals surface area contributed by atoms with Crippen LogP contribution in [0.2, 0.25) is 0 Å². The summed E-state index contributed by atoms with van der Waals surface area (Å²) >= 11 is 0. The summed E-state index contributed by atoms with van der Waals surface area (Å²) in [6, 6.07) is 0. The lowest BCUT2D eigenvalue weighted by atomic mass is 10.1. The van der Waals surface area contributed by atoms with E-state index in [9.17, 15) is 9.59 Å². The average Bonchev–Trinajstić information content (AvgIpc) is 2.25. The van der Waals surface area contributed by atoms with E-state index in [4.69, 9.17) is 9.84 Å². The lowest BCUT2D eigenvalue weighted by molar-refractivity contribution is -0.145. The Bertz CT molecular complexity index is 309. The van der Waals surface area contributed by atoms with Gasteiger partial charge in [0.1, 0.15) is 6.61 Å². The van der Waals surface area contributed by atoms with Gasteiger partial charge in [0.25, 0.3) is 0 Å². The first-order chi connectivity index (χ1) is 8.65. The van der Waals surface area contributed by atoms with E-state index in [1.54, 1.807) is 0 Å². The normalized spacial score (nSPS) is 21.7. The van der Waals surface area contributed by atoms with Gasteiger partial charge in [-0.25, -0.2) is 4.79 Å². The van der Waals surface area contributed by atoms with Crippen molar-refractivity contribution >= 4 is 11.9 Å². The van der Waals surface area contributed by atoms with Gasteiger partial charge in [0.05, 0.1) is 12.6 Å². The third-order valence-electron chi connectivity index (χ3n) is 3.54. The van der Waals surface area contributed by atoms with Crippen molar-refractivity contribution in [2.45, 2.75) is 25.4 Å². The first-order valence-corrected chi connectivity index (χ1v) is 6.48. The molecular formula is C12H20N2O4. The summed E-state index contributed by atoms with van der Waals surface area (Å²) < 4.78 is 5.26. The molecule has 0 aromatic rings. The molecule has 0 unspecified atom stereocenters. The summed E-state index contributed by atoms with van der Waals surface area (Å²) in [6.07, 6.45) is 2.76. The molecule has 6 heteroatoms. The van der Waals surface area contributed by atoms with Gasteiger partial charge in [-0.3, -0.25) is 9.69 Å². The Morgan fingerprint density at radius 2 is 1.83 bits per heavy atom. The maximum atomic E-state index is 11.8. The Labute approximate surface area is 106 Å². The molecule has 0 atom stereocenters. The van der Waals surface area contributed by atoms with E-state index in [0.717, 1.165) is 45.4 Å². The molecule has 0 aromatic heterocycles. The number of rotatable bonds is 5. The molecule has 18 heavy (non-hydrogen) atoms. The number of likely N-dealkylation sites (tertiary alicyclic amines) is 2. The van der Waals surface area contributed by atoms with E-state index in [1.165, 1.54) is 0 Å². The van der Waals surface area contributed by atoms with Crippen LogP contribution in [-0.4, -0.2) is 72.2 Å². The number of nitrogens with zero attached hydrogens (tertiary/aromatic N) is 2. The molecule has 2 rings (SSSR count). The minimum absolute atomic E-state index is 0.0245. The lowest BCUT2D eigenvalue weighted by Crippen LogP contribution is -2.49. The Morgan fingerprint density at radius 1 is 1.17 bits per heavy atom. The number of carboxylic acids is 1. The minimum Gasteiger partial charge on any atom is -0.480 e. The molecule has 2 heterocycles. The predicted octanol–water partition coefficient (Wildman–Crippen LogP) is -0.216. The zero-order valence-corrected chi connectivity index (χ0v) is 10.5. The Hall–Kier alpha value is -1.14. The fourth-order valence-corrected chi connectivity index (χ4v) is 2.28. The van der Waals surface area contributed by atoms with Crippen LogP contribution >= 0.6 is 0 Å². The highest BCUT2D eigenvalue weighted by Gasteiger charge is 2.25. The summed E-state index contributed by atoms with van der Waals surface area (Å²) in [7, 11) is 0. The van der Waals surface area contributed by atoms with Gasteiger partial charge in [-0.05, 0) is 19.3 Å². The predicted molar refractivity (Wildman–Crippen MR) is 64.2 cm³/mol. The Kier molecular flexibility index (Phi) is 4.54. The van der Waals surface area contributed by atoms with Gasteiger partial charge in [-0.15, -0.1) is 0 Å². The van der Waals surface area contributed by atoms with Crippen molar-refractivity contribution < 1.29 is 19.4 Å². The molecule has 6 nitrogen and oxygen atoms in total. The summed E-state index contributed by atoms with van der Waals surface area (Å²) in [6.45, 7) is 3.69. The van der Waals surface area contributed by atoms with E-state index < -0.39 is 5.97 Å². The van der Waals surface area contributed by atoms with Crippen molar-refractivity contribution in [2.75, 3.05) is 39.3 Å². The smallest absolute Gasteiger partial charge is 0.329 e. The number of amides is 1. The summed E-state index contributed by atoms with van der Waals surface area (Å²) in [4.78, 5) is 26.2. The van der Waals surface area contributed by atoms with E-state index in [-0.39, 0.29) is 18.6 Å². The van der Waals surface area contributed by atoms with Crippen molar-refractivity contribution in [3.63, 3.8) is 0 Å². The van der Waals surface area contributed by atoms with Crippen molar-refractivity contribution in [3.05, 3.63) is 0 Å². The van der Waals surface area contributed by atoms with E-state index >= 15 is 0 Å². The van der Waals surface area contributed by atoms with Crippen LogP contribution in [0.1, 0.15) is 19.3 Å². The van der Waals surface area contributed by atoms with Crippen molar-refractivity contribution in [3.8, 4) is 0 Å². The molecule has 2 fully saturated rings. The zero-order valence-electron chi connectivity index (χ0n) is 10.5. The summed E-state index contributed by atoms with van der Waals surface area (Å²) in [5, 5.41) is 8.52. The van der Waals surface area contributed by atoms with Gasteiger partial charge in [0, 0.05) is 26.2 Å².